The van der Waals surface area contributed by atoms with Crippen molar-refractivity contribution in [2.75, 3.05) is 0 Å². The van der Waals surface area contributed by atoms with Crippen LogP contribution in [-0.2, 0) is 4.57 Å². The summed E-state index contributed by atoms with van der Waals surface area (Å²) < 4.78 is 8.88. The molecule has 0 atom stereocenters. The molecule has 7 heteroatoms. The molecule has 0 unspecified atom stereocenters. The second kappa shape index (κ2) is 6.81. The van der Waals surface area contributed by atoms with Crippen LogP contribution in [0.3, 0.4) is 0 Å². The van der Waals surface area contributed by atoms with Crippen molar-refractivity contribution in [3.63, 3.8) is 0 Å². The Morgan fingerprint density at radius 2 is 1.29 bits per heavy atom. The molecule has 4 nitrogen and oxygen atoms in total. The van der Waals surface area contributed by atoms with E-state index in [2.05, 4.69) is 0 Å². The van der Waals surface area contributed by atoms with E-state index in [1.54, 1.807) is 0 Å². The van der Waals surface area contributed by atoms with Crippen LogP contribution in [0.25, 0.3) is 0 Å². The summed E-state index contributed by atoms with van der Waals surface area (Å²) in [6.07, 6.45) is 0. The van der Waals surface area contributed by atoms with E-state index in [1.807, 2.05) is 0 Å². The molecule has 0 saturated carbocycles. The largest absolute Gasteiger partial charge is 2.00 e. The first-order chi connectivity index (χ1) is 2.00. The van der Waals surface area contributed by atoms with Gasteiger partial charge in [0, 0.05) is 39.9 Å². The van der Waals surface area contributed by atoms with Crippen LogP contribution in [0.15, 0.2) is 0 Å². The van der Waals surface area contributed by atoms with Crippen LogP contribution in [0.4, 0.5) is 0 Å². The van der Waals surface area contributed by atoms with Crippen molar-refractivity contribution in [3.8, 4) is 0 Å². The summed E-state index contributed by atoms with van der Waals surface area (Å²) >= 11 is 0. The summed E-state index contributed by atoms with van der Waals surface area (Å²) in [5.74, 6) is 0. The van der Waals surface area contributed by atoms with E-state index >= 15 is 0 Å². The molecule has 0 saturated heterocycles. The summed E-state index contributed by atoms with van der Waals surface area (Å²) in [5, 5.41) is 0. The molecule has 0 bridgehead atoms. The number of phosphoric acid groups is 1. The van der Waals surface area contributed by atoms with Crippen molar-refractivity contribution < 1.29 is 62.0 Å². The Morgan fingerprint density at radius 1 is 1.29 bits per heavy atom. The van der Waals surface area contributed by atoms with Crippen LogP contribution >= 0.6 is 7.82 Å². The van der Waals surface area contributed by atoms with Crippen molar-refractivity contribution in [3.05, 3.63) is 0 Å². The van der Waals surface area contributed by atoms with Crippen LogP contribution < -0.4 is 0 Å². The molecule has 0 rings (SSSR count). The van der Waals surface area contributed by atoms with E-state index in [0.29, 0.717) is 0 Å². The molecule has 0 fully saturated rings. The summed E-state index contributed by atoms with van der Waals surface area (Å²) in [5.41, 5.74) is 0. The van der Waals surface area contributed by atoms with Gasteiger partial charge in [0.1, 0.15) is 0 Å². The van der Waals surface area contributed by atoms with Crippen LogP contribution in [0.1, 0.15) is 2.85 Å². The average Bonchev–Trinajstić information content (AvgIpc) is 0.722. The third-order valence-electron chi connectivity index (χ3n) is 0. The molecule has 0 heterocycles. The van der Waals surface area contributed by atoms with Gasteiger partial charge in [0.25, 0.3) is 0 Å². The van der Waals surface area contributed by atoms with E-state index in [9.17, 15) is 0 Å². The van der Waals surface area contributed by atoms with Gasteiger partial charge >= 0.3 is 45.6 Å². The van der Waals surface area contributed by atoms with Crippen molar-refractivity contribution in [1.82, 2.24) is 0 Å². The first-order valence-electron chi connectivity index (χ1n) is 0.783. The van der Waals surface area contributed by atoms with Crippen molar-refractivity contribution in [2.45, 2.75) is 0 Å². The van der Waals surface area contributed by atoms with Gasteiger partial charge < -0.3 is 17.5 Å². The SMILES string of the molecule is O=P(O)(O)O.[Ca+2].[Gd].[H-].[H-]. The van der Waals surface area contributed by atoms with Gasteiger partial charge in [0.05, 0.1) is 0 Å². The maximum Gasteiger partial charge on any atom is 2.00 e. The van der Waals surface area contributed by atoms with Gasteiger partial charge in [-0.1, -0.05) is 0 Å². The minimum Gasteiger partial charge on any atom is -1.00 e. The fourth-order valence-electron chi connectivity index (χ4n) is 0. The van der Waals surface area contributed by atoms with Gasteiger partial charge in [0.15, 0.2) is 0 Å². The first kappa shape index (κ1) is 16.4. The molecule has 0 aromatic carbocycles. The molecule has 0 amide bonds. The Morgan fingerprint density at radius 3 is 1.29 bits per heavy atom. The average molecular weight is 297 g/mol. The zero-order valence-electron chi connectivity index (χ0n) is 5.26. The van der Waals surface area contributed by atoms with Crippen molar-refractivity contribution in [2.24, 2.45) is 0 Å². The second-order valence-corrected chi connectivity index (χ2v) is 1.54. The fourth-order valence-corrected chi connectivity index (χ4v) is 0. The number of hydrogen-bond acceptors (Lipinski definition) is 1. The normalized spacial score (nSPS) is 8.43. The molecule has 0 aliphatic carbocycles. The molecule has 44 valence electrons. The first-order valence-corrected chi connectivity index (χ1v) is 2.35. The van der Waals surface area contributed by atoms with Gasteiger partial charge in [-0.05, 0) is 0 Å². The van der Waals surface area contributed by atoms with Crippen LogP contribution in [0.5, 0.6) is 0 Å². The van der Waals surface area contributed by atoms with Gasteiger partial charge in [-0.2, -0.15) is 0 Å². The minimum atomic E-state index is -4.64. The molecule has 7 heavy (non-hydrogen) atoms. The standard InChI is InChI=1S/Ca.Gd.H3O4P.2H/c;;1-5(2,3)4;;/h;;(H3,1,2,3,4);;/q+2;;;2*-1. The quantitative estimate of drug-likeness (QED) is 0.392. The molecular formula is H5CaGdO4P. The van der Waals surface area contributed by atoms with E-state index in [-0.39, 0.29) is 80.5 Å². The topological polar surface area (TPSA) is 77.8 Å². The maximum atomic E-state index is 8.88. The zero-order valence-corrected chi connectivity index (χ0v) is 8.63. The summed E-state index contributed by atoms with van der Waals surface area (Å²) in [7, 11) is -4.64. The predicted molar refractivity (Wildman–Crippen MR) is 22.2 cm³/mol. The Hall–Kier alpha value is 2.69. The Kier molecular flexibility index (Phi) is 15.9. The van der Waals surface area contributed by atoms with Crippen LogP contribution in [-0.4, -0.2) is 52.4 Å². The zero-order chi connectivity index (χ0) is 4.50. The monoisotopic (exact) mass is 298 g/mol. The van der Waals surface area contributed by atoms with Gasteiger partial charge in [0.2, 0.25) is 0 Å². The molecule has 0 aromatic rings. The minimum absolute atomic E-state index is 0. The third-order valence-corrected chi connectivity index (χ3v) is 0. The summed E-state index contributed by atoms with van der Waals surface area (Å²) in [4.78, 5) is 21.6. The molecular weight excluding hydrogens is 292 g/mol. The maximum absolute atomic E-state index is 8.88. The van der Waals surface area contributed by atoms with Gasteiger partial charge in [-0.25, -0.2) is 4.57 Å². The number of hydrogen-bond donors (Lipinski definition) is 3. The van der Waals surface area contributed by atoms with Crippen LogP contribution in [0, 0.1) is 39.9 Å². The van der Waals surface area contributed by atoms with Crippen LogP contribution in [0.2, 0.25) is 0 Å². The Balaban J connectivity index is -0.0000000133. The van der Waals surface area contributed by atoms with Crippen molar-refractivity contribution >= 4 is 45.6 Å². The third kappa shape index (κ3) is 53.7. The molecule has 3 N–H and O–H groups in total. The van der Waals surface area contributed by atoms with Crippen molar-refractivity contribution in [1.29, 1.82) is 0 Å². The summed E-state index contributed by atoms with van der Waals surface area (Å²) in [6.45, 7) is 0. The Labute approximate surface area is 106 Å². The van der Waals surface area contributed by atoms with E-state index in [4.69, 9.17) is 19.2 Å². The smallest absolute Gasteiger partial charge is 1.00 e. The van der Waals surface area contributed by atoms with E-state index in [0.717, 1.165) is 0 Å². The molecule has 0 spiro atoms. The molecule has 0 radical (unpaired) electrons. The molecule has 0 aliphatic rings. The van der Waals surface area contributed by atoms with E-state index < -0.39 is 7.82 Å². The second-order valence-electron chi connectivity index (χ2n) is 0.513. The predicted octanol–water partition coefficient (Wildman–Crippen LogP) is -1.08. The fraction of sp³-hybridized carbons (Fsp3) is 0. The molecule has 0 aromatic heterocycles. The van der Waals surface area contributed by atoms with E-state index in [1.165, 1.54) is 0 Å². The molecule has 0 aliphatic heterocycles. The van der Waals surface area contributed by atoms with Gasteiger partial charge in [-0.15, -0.1) is 0 Å². The Bertz CT molecular complexity index is 64.7. The van der Waals surface area contributed by atoms with Gasteiger partial charge in [-0.3, -0.25) is 0 Å². The number of rotatable bonds is 0. The summed E-state index contributed by atoms with van der Waals surface area (Å²) in [6, 6.07) is 0.